The molecule has 2 aromatic carbocycles. The number of piperidine rings is 1. The SMILES string of the molecule is CS(=O)(=O)N1CCC(CC(=O)N2CC[C@@]3(S(=O)(=O)c4ccc(F)cc4)c4ccc(C(F)(C(F)(F)F)C(F)(F)F)cc4CC[C@@H]23)CC1. The number of sulfone groups is 1. The van der Waals surface area contributed by atoms with Crippen molar-refractivity contribution in [2.24, 2.45) is 5.92 Å². The smallest absolute Gasteiger partial charge is 0.338 e. The zero-order chi connectivity index (χ0) is 34.1. The zero-order valence-electron chi connectivity index (χ0n) is 24.3. The van der Waals surface area contributed by atoms with Crippen molar-refractivity contribution in [1.29, 1.82) is 0 Å². The highest BCUT2D eigenvalue weighted by Gasteiger charge is 2.74. The summed E-state index contributed by atoms with van der Waals surface area (Å²) in [6.07, 6.45) is -11.6. The first kappa shape index (κ1) is 34.5. The van der Waals surface area contributed by atoms with Gasteiger partial charge in [0.05, 0.1) is 17.2 Å². The summed E-state index contributed by atoms with van der Waals surface area (Å²) in [6.45, 7) is 0.279. The van der Waals surface area contributed by atoms with E-state index in [9.17, 15) is 56.8 Å². The number of hydrogen-bond donors (Lipinski definition) is 0. The Morgan fingerprint density at radius 3 is 2.00 bits per heavy atom. The second kappa shape index (κ2) is 11.4. The molecule has 7 nitrogen and oxygen atoms in total. The first-order valence-corrected chi connectivity index (χ1v) is 17.7. The van der Waals surface area contributed by atoms with Crippen molar-refractivity contribution >= 4 is 25.8 Å². The van der Waals surface area contributed by atoms with Gasteiger partial charge in [0.25, 0.3) is 0 Å². The standard InChI is InChI=1S/C29H30F8N2O5S2/c1-45(41,42)38-13-10-18(11-14-38)16-25(40)39-15-12-26(46(43,44)22-6-4-21(30)5-7-22)23-8-3-20(17-19(23)2-9-24(26)39)27(31,28(32,33)34)29(35,36)37/h3-8,17-18,24H,2,9-16H2,1H3/t24-,26-/m1/s1. The minimum atomic E-state index is -6.37. The van der Waals surface area contributed by atoms with Gasteiger partial charge in [-0.1, -0.05) is 18.2 Å². The number of benzene rings is 2. The van der Waals surface area contributed by atoms with Crippen LogP contribution in [0.3, 0.4) is 0 Å². The summed E-state index contributed by atoms with van der Waals surface area (Å²) in [6, 6.07) is 4.09. The molecule has 1 amide bonds. The molecule has 5 rings (SSSR count). The van der Waals surface area contributed by atoms with Crippen LogP contribution >= 0.6 is 0 Å². The number of carbonyl (C=O) groups excluding carboxylic acids is 1. The molecule has 2 saturated heterocycles. The average Bonchev–Trinajstić information content (AvgIpc) is 3.37. The number of nitrogens with zero attached hydrogens (tertiary/aromatic N) is 2. The molecule has 3 aliphatic rings. The molecule has 2 aromatic rings. The molecule has 2 aliphatic heterocycles. The number of alkyl halides is 7. The third kappa shape index (κ3) is 5.49. The average molecular weight is 703 g/mol. The van der Waals surface area contributed by atoms with Gasteiger partial charge in [-0.2, -0.15) is 26.3 Å². The Bertz CT molecular complexity index is 1710. The summed E-state index contributed by atoms with van der Waals surface area (Å²) in [5.41, 5.74) is -7.86. The molecule has 2 atom stereocenters. The van der Waals surface area contributed by atoms with E-state index in [-0.39, 0.29) is 73.3 Å². The Morgan fingerprint density at radius 2 is 1.46 bits per heavy atom. The lowest BCUT2D eigenvalue weighted by Crippen LogP contribution is -2.53. The van der Waals surface area contributed by atoms with Crippen LogP contribution in [0.1, 0.15) is 48.8 Å². The van der Waals surface area contributed by atoms with Gasteiger partial charge in [-0.05, 0) is 73.4 Å². The van der Waals surface area contributed by atoms with Gasteiger partial charge >= 0.3 is 18.0 Å². The number of likely N-dealkylation sites (tertiary alicyclic amines) is 1. The van der Waals surface area contributed by atoms with Gasteiger partial charge < -0.3 is 4.90 Å². The molecule has 254 valence electrons. The third-order valence-corrected chi connectivity index (χ3v) is 13.3. The van der Waals surface area contributed by atoms with E-state index in [1.807, 2.05) is 0 Å². The molecule has 2 heterocycles. The van der Waals surface area contributed by atoms with Crippen LogP contribution in [0.25, 0.3) is 0 Å². The Hall–Kier alpha value is -2.79. The number of fused-ring (bicyclic) bond motifs is 3. The van der Waals surface area contributed by atoms with Gasteiger partial charge in [0.15, 0.2) is 9.84 Å². The lowest BCUT2D eigenvalue weighted by Gasteiger charge is -2.43. The second-order valence-corrected chi connectivity index (χ2v) is 16.3. The summed E-state index contributed by atoms with van der Waals surface area (Å²) in [5.74, 6) is -1.41. The highest BCUT2D eigenvalue weighted by atomic mass is 32.2. The topological polar surface area (TPSA) is 91.8 Å². The number of amides is 1. The molecular formula is C29H30F8N2O5S2. The van der Waals surface area contributed by atoms with Crippen molar-refractivity contribution < 1.29 is 56.8 Å². The van der Waals surface area contributed by atoms with Crippen molar-refractivity contribution in [2.75, 3.05) is 25.9 Å². The maximum atomic E-state index is 15.0. The molecule has 1 aliphatic carbocycles. The Morgan fingerprint density at radius 1 is 0.870 bits per heavy atom. The molecule has 17 heteroatoms. The number of sulfonamides is 1. The summed E-state index contributed by atoms with van der Waals surface area (Å²) in [5, 5.41) is 0. The van der Waals surface area contributed by atoms with Gasteiger partial charge in [-0.15, -0.1) is 0 Å². The molecule has 2 fully saturated rings. The fourth-order valence-corrected chi connectivity index (χ4v) is 10.4. The van der Waals surface area contributed by atoms with E-state index >= 15 is 0 Å². The van der Waals surface area contributed by atoms with Gasteiger partial charge in [-0.25, -0.2) is 29.9 Å². The third-order valence-electron chi connectivity index (χ3n) is 9.50. The maximum Gasteiger partial charge on any atom is 0.435 e. The Balaban J connectivity index is 1.56. The monoisotopic (exact) mass is 702 g/mol. The lowest BCUT2D eigenvalue weighted by atomic mass is 9.76. The normalized spacial score (nSPS) is 23.7. The second-order valence-electron chi connectivity index (χ2n) is 12.1. The van der Waals surface area contributed by atoms with Crippen LogP contribution in [-0.2, 0) is 41.5 Å². The first-order valence-electron chi connectivity index (χ1n) is 14.4. The molecule has 0 saturated carbocycles. The minimum absolute atomic E-state index is 0.0336. The summed E-state index contributed by atoms with van der Waals surface area (Å²) in [4.78, 5) is 14.6. The summed E-state index contributed by atoms with van der Waals surface area (Å²) >= 11 is 0. The van der Waals surface area contributed by atoms with E-state index in [1.54, 1.807) is 0 Å². The van der Waals surface area contributed by atoms with Crippen LogP contribution < -0.4 is 0 Å². The lowest BCUT2D eigenvalue weighted by molar-refractivity contribution is -0.348. The van der Waals surface area contributed by atoms with Gasteiger partial charge in [0.1, 0.15) is 10.6 Å². The number of halogens is 8. The Labute approximate surface area is 260 Å². The van der Waals surface area contributed by atoms with Crippen molar-refractivity contribution in [3.63, 3.8) is 0 Å². The van der Waals surface area contributed by atoms with Gasteiger partial charge in [0, 0.05) is 31.6 Å². The van der Waals surface area contributed by atoms with Crippen molar-refractivity contribution in [1.82, 2.24) is 9.21 Å². The van der Waals surface area contributed by atoms with E-state index in [2.05, 4.69) is 0 Å². The van der Waals surface area contributed by atoms with Crippen LogP contribution in [0, 0.1) is 11.7 Å². The van der Waals surface area contributed by atoms with Crippen LogP contribution in [0.2, 0.25) is 0 Å². The van der Waals surface area contributed by atoms with Crippen LogP contribution in [0.4, 0.5) is 35.1 Å². The van der Waals surface area contributed by atoms with Crippen molar-refractivity contribution in [2.45, 2.75) is 72.2 Å². The first-order chi connectivity index (χ1) is 21.1. The van der Waals surface area contributed by atoms with Crippen LogP contribution in [0.5, 0.6) is 0 Å². The maximum absolute atomic E-state index is 15.0. The van der Waals surface area contributed by atoms with Crippen molar-refractivity contribution in [3.8, 4) is 0 Å². The quantitative estimate of drug-likeness (QED) is 0.298. The number of hydrogen-bond acceptors (Lipinski definition) is 5. The number of aryl methyl sites for hydroxylation is 1. The minimum Gasteiger partial charge on any atom is -0.338 e. The van der Waals surface area contributed by atoms with E-state index in [4.69, 9.17) is 0 Å². The number of carbonyl (C=O) groups is 1. The molecule has 0 spiro atoms. The highest BCUT2D eigenvalue weighted by Crippen LogP contribution is 2.56. The highest BCUT2D eigenvalue weighted by molar-refractivity contribution is 7.92. The Kier molecular flexibility index (Phi) is 8.58. The van der Waals surface area contributed by atoms with Crippen LogP contribution in [-0.4, -0.2) is 76.2 Å². The van der Waals surface area contributed by atoms with E-state index in [0.717, 1.165) is 36.6 Å². The predicted octanol–water partition coefficient (Wildman–Crippen LogP) is 5.39. The molecule has 0 bridgehead atoms. The molecule has 0 aromatic heterocycles. The van der Waals surface area contributed by atoms with E-state index in [0.29, 0.717) is 18.9 Å². The van der Waals surface area contributed by atoms with Crippen molar-refractivity contribution in [3.05, 3.63) is 65.0 Å². The molecular weight excluding hydrogens is 672 g/mol. The van der Waals surface area contributed by atoms with Crippen LogP contribution in [0.15, 0.2) is 47.4 Å². The fraction of sp³-hybridized carbons (Fsp3) is 0.552. The number of rotatable bonds is 6. The molecule has 46 heavy (non-hydrogen) atoms. The van der Waals surface area contributed by atoms with Gasteiger partial charge in [0.2, 0.25) is 15.9 Å². The molecule has 0 unspecified atom stereocenters. The summed E-state index contributed by atoms with van der Waals surface area (Å²) < 4.78 is 162. The van der Waals surface area contributed by atoms with E-state index in [1.165, 1.54) is 9.21 Å². The molecule has 0 radical (unpaired) electrons. The fourth-order valence-electron chi connectivity index (χ4n) is 7.16. The largest absolute Gasteiger partial charge is 0.435 e. The van der Waals surface area contributed by atoms with Gasteiger partial charge in [-0.3, -0.25) is 4.79 Å². The summed E-state index contributed by atoms with van der Waals surface area (Å²) in [7, 11) is -8.01. The predicted molar refractivity (Wildman–Crippen MR) is 149 cm³/mol. The zero-order valence-corrected chi connectivity index (χ0v) is 26.0. The molecule has 0 N–H and O–H groups in total. The van der Waals surface area contributed by atoms with E-state index < -0.39 is 66.0 Å².